The molecule has 0 aromatic heterocycles. The highest BCUT2D eigenvalue weighted by Gasteiger charge is 2.25. The molecule has 0 heterocycles. The molecule has 0 radical (unpaired) electrons. The van der Waals surface area contributed by atoms with Crippen LogP contribution in [0.5, 0.6) is 0 Å². The maximum Gasteiger partial charge on any atom is 0.108 e. The van der Waals surface area contributed by atoms with E-state index < -0.39 is 0 Å². The van der Waals surface area contributed by atoms with Crippen LogP contribution < -0.4 is 5.32 Å². The van der Waals surface area contributed by atoms with Gasteiger partial charge in [-0.2, -0.15) is 5.26 Å². The molecule has 3 nitrogen and oxygen atoms in total. The van der Waals surface area contributed by atoms with E-state index >= 15 is 0 Å². The summed E-state index contributed by atoms with van der Waals surface area (Å²) in [5, 5.41) is 12.4. The van der Waals surface area contributed by atoms with E-state index in [1.165, 1.54) is 25.7 Å². The molecule has 15 heavy (non-hydrogen) atoms. The molecule has 1 fully saturated rings. The van der Waals surface area contributed by atoms with Crippen molar-refractivity contribution >= 4 is 0 Å². The van der Waals surface area contributed by atoms with E-state index in [1.54, 1.807) is 0 Å². The zero-order valence-corrected chi connectivity index (χ0v) is 10.2. The molecule has 2 unspecified atom stereocenters. The van der Waals surface area contributed by atoms with Crippen LogP contribution in [0, 0.1) is 11.3 Å². The van der Waals surface area contributed by atoms with Crippen LogP contribution in [0.15, 0.2) is 0 Å². The Hall–Kier alpha value is -0.590. The highest BCUT2D eigenvalue weighted by atomic mass is 15.2. The topological polar surface area (TPSA) is 39.1 Å². The van der Waals surface area contributed by atoms with Crippen LogP contribution in [0.2, 0.25) is 0 Å². The molecular weight excluding hydrogens is 186 g/mol. The number of rotatable bonds is 7. The molecule has 1 rings (SSSR count). The van der Waals surface area contributed by atoms with E-state index in [0.717, 1.165) is 6.54 Å². The first-order valence-electron chi connectivity index (χ1n) is 6.03. The average Bonchev–Trinajstić information content (AvgIpc) is 3.00. The number of hydrogen-bond donors (Lipinski definition) is 1. The summed E-state index contributed by atoms with van der Waals surface area (Å²) in [5.74, 6) is 0. The third kappa shape index (κ3) is 4.63. The van der Waals surface area contributed by atoms with Gasteiger partial charge in [-0.1, -0.05) is 13.3 Å². The molecule has 0 amide bonds. The Morgan fingerprint density at radius 2 is 2.20 bits per heavy atom. The molecule has 0 aromatic carbocycles. The molecule has 2 atom stereocenters. The van der Waals surface area contributed by atoms with Crippen LogP contribution >= 0.6 is 0 Å². The third-order valence-corrected chi connectivity index (χ3v) is 3.10. The molecule has 1 aliphatic rings. The van der Waals surface area contributed by atoms with Crippen molar-refractivity contribution in [3.8, 4) is 6.07 Å². The molecule has 0 spiro atoms. The van der Waals surface area contributed by atoms with Gasteiger partial charge >= 0.3 is 0 Å². The Balaban J connectivity index is 2.26. The summed E-state index contributed by atoms with van der Waals surface area (Å²) < 4.78 is 0. The van der Waals surface area contributed by atoms with Crippen molar-refractivity contribution in [3.63, 3.8) is 0 Å². The second-order valence-corrected chi connectivity index (χ2v) is 4.70. The van der Waals surface area contributed by atoms with Crippen LogP contribution in [-0.2, 0) is 0 Å². The second kappa shape index (κ2) is 6.09. The van der Waals surface area contributed by atoms with Gasteiger partial charge in [0, 0.05) is 18.6 Å². The summed E-state index contributed by atoms with van der Waals surface area (Å²) >= 11 is 0. The summed E-state index contributed by atoms with van der Waals surface area (Å²) in [6.07, 6.45) is 4.90. The molecule has 1 aliphatic carbocycles. The summed E-state index contributed by atoms with van der Waals surface area (Å²) in [6, 6.07) is 3.54. The number of nitrogens with zero attached hydrogens (tertiary/aromatic N) is 2. The first-order valence-corrected chi connectivity index (χ1v) is 6.03. The lowest BCUT2D eigenvalue weighted by Crippen LogP contribution is -2.42. The predicted octanol–water partition coefficient (Wildman–Crippen LogP) is 1.75. The summed E-state index contributed by atoms with van der Waals surface area (Å²) in [7, 11) is 2.11. The van der Waals surface area contributed by atoms with E-state index in [2.05, 4.69) is 37.2 Å². The quantitative estimate of drug-likeness (QED) is 0.694. The molecular formula is C12H23N3. The molecule has 0 aromatic rings. The Kier molecular flexibility index (Phi) is 5.07. The minimum atomic E-state index is 0.00167. The van der Waals surface area contributed by atoms with Crippen molar-refractivity contribution in [2.24, 2.45) is 0 Å². The second-order valence-electron chi connectivity index (χ2n) is 4.70. The van der Waals surface area contributed by atoms with Gasteiger partial charge in [-0.15, -0.1) is 0 Å². The largest absolute Gasteiger partial charge is 0.301 e. The highest BCUT2D eigenvalue weighted by Crippen LogP contribution is 2.19. The number of likely N-dealkylation sites (N-methyl/N-ethyl adjacent to an activating group) is 1. The zero-order chi connectivity index (χ0) is 11.3. The van der Waals surface area contributed by atoms with Crippen molar-refractivity contribution in [1.82, 2.24) is 10.2 Å². The zero-order valence-electron chi connectivity index (χ0n) is 10.2. The van der Waals surface area contributed by atoms with Crippen LogP contribution in [0.4, 0.5) is 0 Å². The van der Waals surface area contributed by atoms with E-state index in [1.807, 2.05) is 0 Å². The fraction of sp³-hybridized carbons (Fsp3) is 0.917. The average molecular weight is 209 g/mol. The van der Waals surface area contributed by atoms with E-state index in [4.69, 9.17) is 5.26 Å². The van der Waals surface area contributed by atoms with Crippen LogP contribution in [0.25, 0.3) is 0 Å². The first-order chi connectivity index (χ1) is 7.17. The lowest BCUT2D eigenvalue weighted by Gasteiger charge is -2.26. The van der Waals surface area contributed by atoms with Gasteiger partial charge < -0.3 is 4.90 Å². The summed E-state index contributed by atoms with van der Waals surface area (Å²) in [4.78, 5) is 2.28. The lowest BCUT2D eigenvalue weighted by molar-refractivity contribution is 0.231. The van der Waals surface area contributed by atoms with Gasteiger partial charge in [-0.05, 0) is 33.2 Å². The van der Waals surface area contributed by atoms with Gasteiger partial charge in [0.25, 0.3) is 0 Å². The monoisotopic (exact) mass is 209 g/mol. The van der Waals surface area contributed by atoms with E-state index in [0.29, 0.717) is 12.1 Å². The predicted molar refractivity (Wildman–Crippen MR) is 62.6 cm³/mol. The summed E-state index contributed by atoms with van der Waals surface area (Å²) in [5.41, 5.74) is 0. The molecule has 1 N–H and O–H groups in total. The Labute approximate surface area is 93.5 Å². The van der Waals surface area contributed by atoms with Gasteiger partial charge in [-0.3, -0.25) is 5.32 Å². The molecule has 1 saturated carbocycles. The number of nitrogens with one attached hydrogen (secondary N) is 1. The van der Waals surface area contributed by atoms with Crippen LogP contribution in [-0.4, -0.2) is 36.6 Å². The fourth-order valence-corrected chi connectivity index (χ4v) is 1.77. The van der Waals surface area contributed by atoms with Gasteiger partial charge in [-0.25, -0.2) is 0 Å². The number of nitriles is 1. The molecule has 86 valence electrons. The van der Waals surface area contributed by atoms with Gasteiger partial charge in [0.1, 0.15) is 6.04 Å². The molecule has 0 saturated heterocycles. The van der Waals surface area contributed by atoms with E-state index in [-0.39, 0.29) is 6.04 Å². The Morgan fingerprint density at radius 1 is 1.53 bits per heavy atom. The van der Waals surface area contributed by atoms with Crippen molar-refractivity contribution in [3.05, 3.63) is 0 Å². The van der Waals surface area contributed by atoms with Crippen molar-refractivity contribution < 1.29 is 0 Å². The van der Waals surface area contributed by atoms with Crippen molar-refractivity contribution in [2.75, 3.05) is 13.6 Å². The maximum absolute atomic E-state index is 9.02. The smallest absolute Gasteiger partial charge is 0.108 e. The standard InChI is InChI=1S/C12H23N3/c1-4-5-10(2)15(3)9-12(8-13)14-11-6-7-11/h10-12,14H,4-7,9H2,1-3H3. The third-order valence-electron chi connectivity index (χ3n) is 3.10. The Bertz CT molecular complexity index is 217. The van der Waals surface area contributed by atoms with Gasteiger partial charge in [0.05, 0.1) is 6.07 Å². The van der Waals surface area contributed by atoms with Crippen LogP contribution in [0.1, 0.15) is 39.5 Å². The lowest BCUT2D eigenvalue weighted by atomic mass is 10.1. The SMILES string of the molecule is CCCC(C)N(C)CC(C#N)NC1CC1. The fourth-order valence-electron chi connectivity index (χ4n) is 1.77. The summed E-state index contributed by atoms with van der Waals surface area (Å²) in [6.45, 7) is 5.28. The van der Waals surface area contributed by atoms with Gasteiger partial charge in [0.15, 0.2) is 0 Å². The maximum atomic E-state index is 9.02. The minimum absolute atomic E-state index is 0.00167. The molecule has 0 aliphatic heterocycles. The first kappa shape index (κ1) is 12.5. The minimum Gasteiger partial charge on any atom is -0.301 e. The van der Waals surface area contributed by atoms with Gasteiger partial charge in [0.2, 0.25) is 0 Å². The number of hydrogen-bond acceptors (Lipinski definition) is 3. The van der Waals surface area contributed by atoms with Crippen LogP contribution in [0.3, 0.4) is 0 Å². The molecule has 3 heteroatoms. The molecule has 0 bridgehead atoms. The Morgan fingerprint density at radius 3 is 2.67 bits per heavy atom. The van der Waals surface area contributed by atoms with Crippen molar-refractivity contribution in [2.45, 2.75) is 57.7 Å². The van der Waals surface area contributed by atoms with Crippen molar-refractivity contribution in [1.29, 1.82) is 5.26 Å². The normalized spacial score (nSPS) is 19.9. The van der Waals surface area contributed by atoms with E-state index in [9.17, 15) is 0 Å². The highest BCUT2D eigenvalue weighted by molar-refractivity contribution is 4.97.